The zero-order valence-electron chi connectivity index (χ0n) is 8.80. The smallest absolute Gasteiger partial charge is 0.247 e. The first kappa shape index (κ1) is 12.2. The van der Waals surface area contributed by atoms with Gasteiger partial charge in [0.1, 0.15) is 6.04 Å². The van der Waals surface area contributed by atoms with Gasteiger partial charge in [-0.3, -0.25) is 9.59 Å². The van der Waals surface area contributed by atoms with Crippen LogP contribution in [0.15, 0.2) is 18.2 Å². The maximum atomic E-state index is 11.8. The molecule has 1 aromatic carbocycles. The minimum Gasteiger partial charge on any atom is -0.344 e. The quantitative estimate of drug-likeness (QED) is 0.867. The molecule has 0 bridgehead atoms. The van der Waals surface area contributed by atoms with Crippen molar-refractivity contribution in [3.63, 3.8) is 0 Å². The molecule has 4 nitrogen and oxygen atoms in total. The minimum atomic E-state index is -0.488. The van der Waals surface area contributed by atoms with Gasteiger partial charge in [-0.25, -0.2) is 0 Å². The van der Waals surface area contributed by atoms with Crippen LogP contribution in [0.2, 0.25) is 10.0 Å². The van der Waals surface area contributed by atoms with Crippen molar-refractivity contribution in [1.82, 2.24) is 5.32 Å². The predicted molar refractivity (Wildman–Crippen MR) is 66.3 cm³/mol. The van der Waals surface area contributed by atoms with Crippen LogP contribution in [0.4, 0.5) is 5.69 Å². The van der Waals surface area contributed by atoms with Crippen LogP contribution in [0.25, 0.3) is 0 Å². The summed E-state index contributed by atoms with van der Waals surface area (Å²) in [6.45, 7) is 0. The van der Waals surface area contributed by atoms with E-state index in [1.165, 1.54) is 0 Å². The molecule has 1 aliphatic rings. The number of nitrogens with one attached hydrogen (secondary N) is 2. The Morgan fingerprint density at radius 2 is 2.18 bits per heavy atom. The van der Waals surface area contributed by atoms with Gasteiger partial charge in [0.15, 0.2) is 0 Å². The first-order valence-corrected chi connectivity index (χ1v) is 5.87. The van der Waals surface area contributed by atoms with E-state index in [1.54, 1.807) is 18.2 Å². The number of carbonyl (C=O) groups is 2. The van der Waals surface area contributed by atoms with Crippen molar-refractivity contribution in [3.05, 3.63) is 28.2 Å². The molecule has 6 heteroatoms. The molecule has 2 amide bonds. The fraction of sp³-hybridized carbons (Fsp3) is 0.273. The lowest BCUT2D eigenvalue weighted by Crippen LogP contribution is -2.37. The Hall–Kier alpha value is -1.26. The average Bonchev–Trinajstić information content (AvgIpc) is 2.70. The van der Waals surface area contributed by atoms with Gasteiger partial charge in [-0.2, -0.15) is 0 Å². The van der Waals surface area contributed by atoms with E-state index in [9.17, 15) is 9.59 Å². The maximum Gasteiger partial charge on any atom is 0.247 e. The summed E-state index contributed by atoms with van der Waals surface area (Å²) in [5, 5.41) is 6.12. The topological polar surface area (TPSA) is 58.2 Å². The first-order chi connectivity index (χ1) is 8.06. The Labute approximate surface area is 108 Å². The minimum absolute atomic E-state index is 0.109. The molecular formula is C11H10Cl2N2O2. The zero-order chi connectivity index (χ0) is 12.4. The number of amides is 2. The molecule has 1 saturated heterocycles. The maximum absolute atomic E-state index is 11.8. The molecule has 0 aliphatic carbocycles. The number of anilines is 1. The second kappa shape index (κ2) is 4.94. The van der Waals surface area contributed by atoms with Gasteiger partial charge in [0.05, 0.1) is 10.7 Å². The van der Waals surface area contributed by atoms with E-state index in [1.807, 2.05) is 0 Å². The summed E-state index contributed by atoms with van der Waals surface area (Å²) in [6, 6.07) is 4.32. The fourth-order valence-electron chi connectivity index (χ4n) is 1.62. The lowest BCUT2D eigenvalue weighted by molar-refractivity contribution is -0.122. The van der Waals surface area contributed by atoms with Gasteiger partial charge in [-0.1, -0.05) is 23.2 Å². The highest BCUT2D eigenvalue weighted by molar-refractivity contribution is 6.35. The molecule has 0 spiro atoms. The summed E-state index contributed by atoms with van der Waals surface area (Å²) >= 11 is 11.7. The first-order valence-electron chi connectivity index (χ1n) is 5.11. The van der Waals surface area contributed by atoms with Crippen LogP contribution in [0.3, 0.4) is 0 Å². The number of halogens is 2. The van der Waals surface area contributed by atoms with Crippen LogP contribution >= 0.6 is 23.2 Å². The normalized spacial score (nSPS) is 18.9. The van der Waals surface area contributed by atoms with Crippen molar-refractivity contribution in [1.29, 1.82) is 0 Å². The van der Waals surface area contributed by atoms with Crippen molar-refractivity contribution >= 4 is 40.7 Å². The highest BCUT2D eigenvalue weighted by Crippen LogP contribution is 2.25. The Morgan fingerprint density at radius 3 is 2.82 bits per heavy atom. The summed E-state index contributed by atoms with van der Waals surface area (Å²) in [4.78, 5) is 22.8. The van der Waals surface area contributed by atoms with Crippen LogP contribution < -0.4 is 10.6 Å². The predicted octanol–water partition coefficient (Wildman–Crippen LogP) is 2.21. The number of benzene rings is 1. The van der Waals surface area contributed by atoms with E-state index in [2.05, 4.69) is 10.6 Å². The van der Waals surface area contributed by atoms with Crippen molar-refractivity contribution in [2.45, 2.75) is 18.9 Å². The Kier molecular flexibility index (Phi) is 3.54. The standard InChI is InChI=1S/C11H10Cl2N2O2/c12-6-1-2-7(13)9(5-6)15-11(17)8-3-4-10(16)14-8/h1-2,5,8H,3-4H2,(H,14,16)(H,15,17)/t8-/m1/s1. The molecule has 2 N–H and O–H groups in total. The van der Waals surface area contributed by atoms with Gasteiger partial charge in [-0.15, -0.1) is 0 Å². The molecule has 2 rings (SSSR count). The van der Waals surface area contributed by atoms with Crippen LogP contribution in [0.1, 0.15) is 12.8 Å². The summed E-state index contributed by atoms with van der Waals surface area (Å²) in [7, 11) is 0. The number of rotatable bonds is 2. The highest BCUT2D eigenvalue weighted by Gasteiger charge is 2.27. The van der Waals surface area contributed by atoms with Crippen LogP contribution in [0, 0.1) is 0 Å². The van der Waals surface area contributed by atoms with Gasteiger partial charge in [0.25, 0.3) is 0 Å². The van der Waals surface area contributed by atoms with Crippen LogP contribution in [-0.2, 0) is 9.59 Å². The van der Waals surface area contributed by atoms with Crippen molar-refractivity contribution in [2.24, 2.45) is 0 Å². The van der Waals surface area contributed by atoms with Gasteiger partial charge in [0.2, 0.25) is 11.8 Å². The molecular weight excluding hydrogens is 263 g/mol. The van der Waals surface area contributed by atoms with Gasteiger partial charge in [-0.05, 0) is 24.6 Å². The fourth-order valence-corrected chi connectivity index (χ4v) is 1.96. The summed E-state index contributed by atoms with van der Waals surface area (Å²) in [5.41, 5.74) is 0.449. The molecule has 90 valence electrons. The van der Waals surface area contributed by atoms with Crippen molar-refractivity contribution in [2.75, 3.05) is 5.32 Å². The molecule has 1 atom stereocenters. The van der Waals surface area contributed by atoms with Gasteiger partial charge >= 0.3 is 0 Å². The van der Waals surface area contributed by atoms with E-state index in [0.717, 1.165) is 0 Å². The zero-order valence-corrected chi connectivity index (χ0v) is 10.3. The molecule has 0 saturated carbocycles. The second-order valence-electron chi connectivity index (χ2n) is 3.77. The third-order valence-corrected chi connectivity index (χ3v) is 3.06. The summed E-state index contributed by atoms with van der Waals surface area (Å²) < 4.78 is 0. The van der Waals surface area contributed by atoms with E-state index in [-0.39, 0.29) is 11.8 Å². The second-order valence-corrected chi connectivity index (χ2v) is 4.62. The molecule has 17 heavy (non-hydrogen) atoms. The number of hydrogen-bond acceptors (Lipinski definition) is 2. The largest absolute Gasteiger partial charge is 0.344 e. The van der Waals surface area contributed by atoms with E-state index < -0.39 is 6.04 Å². The van der Waals surface area contributed by atoms with Crippen LogP contribution in [0.5, 0.6) is 0 Å². The van der Waals surface area contributed by atoms with Gasteiger partial charge in [0, 0.05) is 11.4 Å². The molecule has 1 fully saturated rings. The van der Waals surface area contributed by atoms with Crippen molar-refractivity contribution < 1.29 is 9.59 Å². The molecule has 0 unspecified atom stereocenters. The number of carbonyl (C=O) groups excluding carboxylic acids is 2. The van der Waals surface area contributed by atoms with E-state index >= 15 is 0 Å². The van der Waals surface area contributed by atoms with Crippen LogP contribution in [-0.4, -0.2) is 17.9 Å². The highest BCUT2D eigenvalue weighted by atomic mass is 35.5. The third-order valence-electron chi connectivity index (χ3n) is 2.50. The van der Waals surface area contributed by atoms with Crippen molar-refractivity contribution in [3.8, 4) is 0 Å². The third kappa shape index (κ3) is 2.90. The molecule has 0 aromatic heterocycles. The lowest BCUT2D eigenvalue weighted by atomic mass is 10.2. The lowest BCUT2D eigenvalue weighted by Gasteiger charge is -2.12. The summed E-state index contributed by atoms with van der Waals surface area (Å²) in [5.74, 6) is -0.387. The molecule has 1 aliphatic heterocycles. The SMILES string of the molecule is O=C1CC[C@H](C(=O)Nc2cc(Cl)ccc2Cl)N1. The van der Waals surface area contributed by atoms with E-state index in [4.69, 9.17) is 23.2 Å². The molecule has 0 radical (unpaired) electrons. The molecule has 1 heterocycles. The summed E-state index contributed by atoms with van der Waals surface area (Å²) in [6.07, 6.45) is 0.879. The molecule has 1 aromatic rings. The average molecular weight is 273 g/mol. The van der Waals surface area contributed by atoms with E-state index in [0.29, 0.717) is 28.6 Å². The number of hydrogen-bond donors (Lipinski definition) is 2. The Morgan fingerprint density at radius 1 is 1.41 bits per heavy atom. The van der Waals surface area contributed by atoms with Gasteiger partial charge < -0.3 is 10.6 Å². The monoisotopic (exact) mass is 272 g/mol. The Bertz CT molecular complexity index is 477. The Balaban J connectivity index is 2.07.